The number of amides is 1. The van der Waals surface area contributed by atoms with Crippen molar-refractivity contribution in [3.8, 4) is 0 Å². The molecule has 1 atom stereocenters. The Balaban J connectivity index is 1.92. The van der Waals surface area contributed by atoms with E-state index in [4.69, 9.17) is 22.1 Å². The SMILES string of the molecule is CN1CCOC(CNC(=O)c2cc(Cl)ccc2N)C1. The maximum Gasteiger partial charge on any atom is 0.253 e. The van der Waals surface area contributed by atoms with Gasteiger partial charge in [-0.1, -0.05) is 11.6 Å². The largest absolute Gasteiger partial charge is 0.398 e. The number of anilines is 1. The first-order valence-corrected chi connectivity index (χ1v) is 6.57. The number of hydrogen-bond donors (Lipinski definition) is 2. The van der Waals surface area contributed by atoms with Crippen LogP contribution in [0.25, 0.3) is 0 Å². The van der Waals surface area contributed by atoms with Gasteiger partial charge in [0.15, 0.2) is 0 Å². The van der Waals surface area contributed by atoms with Crippen LogP contribution in [0.1, 0.15) is 10.4 Å². The lowest BCUT2D eigenvalue weighted by Gasteiger charge is -2.30. The van der Waals surface area contributed by atoms with Crippen LogP contribution in [0.15, 0.2) is 18.2 Å². The van der Waals surface area contributed by atoms with Crippen molar-refractivity contribution in [3.05, 3.63) is 28.8 Å². The summed E-state index contributed by atoms with van der Waals surface area (Å²) in [6.07, 6.45) is 0.0168. The standard InChI is InChI=1S/C13H18ClN3O2/c1-17-4-5-19-10(8-17)7-16-13(18)11-6-9(14)2-3-12(11)15/h2-3,6,10H,4-5,7-8,15H2,1H3,(H,16,18). The van der Waals surface area contributed by atoms with Crippen molar-refractivity contribution in [2.75, 3.05) is 39.0 Å². The summed E-state index contributed by atoms with van der Waals surface area (Å²) in [5.41, 5.74) is 6.58. The van der Waals surface area contributed by atoms with Gasteiger partial charge in [0.2, 0.25) is 0 Å². The molecule has 5 nitrogen and oxygen atoms in total. The molecule has 1 unspecified atom stereocenters. The molecule has 2 rings (SSSR count). The summed E-state index contributed by atoms with van der Waals surface area (Å²) in [4.78, 5) is 14.2. The summed E-state index contributed by atoms with van der Waals surface area (Å²) in [5, 5.41) is 3.32. The summed E-state index contributed by atoms with van der Waals surface area (Å²) >= 11 is 5.86. The van der Waals surface area contributed by atoms with Crippen molar-refractivity contribution in [2.45, 2.75) is 6.10 Å². The highest BCUT2D eigenvalue weighted by Crippen LogP contribution is 2.17. The predicted molar refractivity (Wildman–Crippen MR) is 75.4 cm³/mol. The Hall–Kier alpha value is -1.30. The van der Waals surface area contributed by atoms with E-state index in [9.17, 15) is 4.79 Å². The number of halogens is 1. The summed E-state index contributed by atoms with van der Waals surface area (Å²) in [6.45, 7) is 2.89. The van der Waals surface area contributed by atoms with E-state index >= 15 is 0 Å². The van der Waals surface area contributed by atoms with Gasteiger partial charge in [0.1, 0.15) is 0 Å². The molecule has 1 aromatic carbocycles. The van der Waals surface area contributed by atoms with Crippen molar-refractivity contribution < 1.29 is 9.53 Å². The van der Waals surface area contributed by atoms with Crippen molar-refractivity contribution in [1.29, 1.82) is 0 Å². The number of nitrogens with one attached hydrogen (secondary N) is 1. The molecule has 0 saturated carbocycles. The lowest BCUT2D eigenvalue weighted by Crippen LogP contribution is -2.46. The van der Waals surface area contributed by atoms with Crippen LogP contribution in [0, 0.1) is 0 Å². The fraction of sp³-hybridized carbons (Fsp3) is 0.462. The molecular weight excluding hydrogens is 266 g/mol. The summed E-state index contributed by atoms with van der Waals surface area (Å²) in [5.74, 6) is -0.225. The van der Waals surface area contributed by atoms with E-state index in [1.165, 1.54) is 0 Å². The van der Waals surface area contributed by atoms with E-state index in [1.54, 1.807) is 18.2 Å². The van der Waals surface area contributed by atoms with Crippen LogP contribution in [-0.4, -0.2) is 50.2 Å². The van der Waals surface area contributed by atoms with Crippen LogP contribution >= 0.6 is 11.6 Å². The number of morpholine rings is 1. The van der Waals surface area contributed by atoms with Gasteiger partial charge in [-0.25, -0.2) is 0 Å². The van der Waals surface area contributed by atoms with Gasteiger partial charge in [-0.2, -0.15) is 0 Å². The van der Waals surface area contributed by atoms with Gasteiger partial charge in [0.25, 0.3) is 5.91 Å². The second-order valence-electron chi connectivity index (χ2n) is 4.70. The number of nitrogens with two attached hydrogens (primary N) is 1. The van der Waals surface area contributed by atoms with E-state index in [1.807, 2.05) is 7.05 Å². The average Bonchev–Trinajstić information content (AvgIpc) is 2.39. The summed E-state index contributed by atoms with van der Waals surface area (Å²) in [6, 6.07) is 4.86. The van der Waals surface area contributed by atoms with Crippen molar-refractivity contribution in [2.24, 2.45) is 0 Å². The van der Waals surface area contributed by atoms with Crippen LogP contribution in [0.5, 0.6) is 0 Å². The second kappa shape index (κ2) is 6.23. The van der Waals surface area contributed by atoms with Crippen LogP contribution < -0.4 is 11.1 Å². The van der Waals surface area contributed by atoms with Crippen molar-refractivity contribution >= 4 is 23.2 Å². The number of hydrogen-bond acceptors (Lipinski definition) is 4. The summed E-state index contributed by atoms with van der Waals surface area (Å²) in [7, 11) is 2.03. The minimum atomic E-state index is -0.225. The molecule has 1 fully saturated rings. The molecule has 0 aliphatic carbocycles. The maximum atomic E-state index is 12.0. The van der Waals surface area contributed by atoms with Crippen LogP contribution in [0.2, 0.25) is 5.02 Å². The monoisotopic (exact) mass is 283 g/mol. The zero-order valence-electron chi connectivity index (χ0n) is 10.9. The Kier molecular flexibility index (Phi) is 4.63. The Labute approximate surface area is 117 Å². The number of nitrogens with zero attached hydrogens (tertiary/aromatic N) is 1. The van der Waals surface area contributed by atoms with E-state index in [2.05, 4.69) is 10.2 Å². The molecular formula is C13H18ClN3O2. The minimum absolute atomic E-state index is 0.0168. The van der Waals surface area contributed by atoms with Crippen LogP contribution in [0.4, 0.5) is 5.69 Å². The first-order valence-electron chi connectivity index (χ1n) is 6.19. The molecule has 104 valence electrons. The molecule has 1 aliphatic heterocycles. The fourth-order valence-electron chi connectivity index (χ4n) is 2.02. The highest BCUT2D eigenvalue weighted by molar-refractivity contribution is 6.31. The second-order valence-corrected chi connectivity index (χ2v) is 5.13. The van der Waals surface area contributed by atoms with Gasteiger partial charge in [0, 0.05) is 30.3 Å². The molecule has 19 heavy (non-hydrogen) atoms. The van der Waals surface area contributed by atoms with E-state index in [0.717, 1.165) is 13.1 Å². The van der Waals surface area contributed by atoms with E-state index < -0.39 is 0 Å². The lowest BCUT2D eigenvalue weighted by atomic mass is 10.1. The number of nitrogen functional groups attached to an aromatic ring is 1. The molecule has 1 heterocycles. The number of rotatable bonds is 3. The normalized spacial score (nSPS) is 20.2. The maximum absolute atomic E-state index is 12.0. The van der Waals surface area contributed by atoms with E-state index in [-0.39, 0.29) is 12.0 Å². The zero-order chi connectivity index (χ0) is 13.8. The molecule has 0 bridgehead atoms. The molecule has 0 aromatic heterocycles. The zero-order valence-corrected chi connectivity index (χ0v) is 11.6. The predicted octanol–water partition coefficient (Wildman–Crippen LogP) is 0.983. The third kappa shape index (κ3) is 3.83. The third-order valence-electron chi connectivity index (χ3n) is 3.09. The highest BCUT2D eigenvalue weighted by Gasteiger charge is 2.19. The van der Waals surface area contributed by atoms with E-state index in [0.29, 0.717) is 29.4 Å². The molecule has 1 aliphatic rings. The molecule has 0 radical (unpaired) electrons. The van der Waals surface area contributed by atoms with Crippen molar-refractivity contribution in [1.82, 2.24) is 10.2 Å². The summed E-state index contributed by atoms with van der Waals surface area (Å²) < 4.78 is 5.57. The smallest absolute Gasteiger partial charge is 0.253 e. The molecule has 1 amide bonds. The Morgan fingerprint density at radius 2 is 2.42 bits per heavy atom. The topological polar surface area (TPSA) is 67.6 Å². The number of carbonyl (C=O) groups is 1. The number of benzene rings is 1. The van der Waals surface area contributed by atoms with Crippen LogP contribution in [0.3, 0.4) is 0 Å². The van der Waals surface area contributed by atoms with Gasteiger partial charge >= 0.3 is 0 Å². The molecule has 3 N–H and O–H groups in total. The van der Waals surface area contributed by atoms with Crippen LogP contribution in [-0.2, 0) is 4.74 Å². The Bertz CT molecular complexity index is 467. The molecule has 1 saturated heterocycles. The Morgan fingerprint density at radius 3 is 3.16 bits per heavy atom. The van der Waals surface area contributed by atoms with Gasteiger partial charge in [0.05, 0.1) is 18.3 Å². The Morgan fingerprint density at radius 1 is 1.63 bits per heavy atom. The fourth-order valence-corrected chi connectivity index (χ4v) is 2.19. The number of likely N-dealkylation sites (N-methyl/N-ethyl adjacent to an activating group) is 1. The first-order chi connectivity index (χ1) is 9.06. The molecule has 0 spiro atoms. The van der Waals surface area contributed by atoms with Gasteiger partial charge in [-0.3, -0.25) is 4.79 Å². The lowest BCUT2D eigenvalue weighted by molar-refractivity contribution is -0.0174. The average molecular weight is 284 g/mol. The quantitative estimate of drug-likeness (QED) is 0.812. The number of ether oxygens (including phenoxy) is 1. The molecule has 6 heteroatoms. The third-order valence-corrected chi connectivity index (χ3v) is 3.33. The first kappa shape index (κ1) is 14.1. The molecule has 1 aromatic rings. The minimum Gasteiger partial charge on any atom is -0.398 e. The highest BCUT2D eigenvalue weighted by atomic mass is 35.5. The van der Waals surface area contributed by atoms with Gasteiger partial charge in [-0.05, 0) is 25.2 Å². The van der Waals surface area contributed by atoms with Crippen molar-refractivity contribution in [3.63, 3.8) is 0 Å². The van der Waals surface area contributed by atoms with Gasteiger partial charge < -0.3 is 20.7 Å². The van der Waals surface area contributed by atoms with Gasteiger partial charge in [-0.15, -0.1) is 0 Å². The number of carbonyl (C=O) groups excluding carboxylic acids is 1.